The van der Waals surface area contributed by atoms with E-state index in [9.17, 15) is 0 Å². The normalized spacial score (nSPS) is 104. The van der Waals surface area contributed by atoms with Crippen molar-refractivity contribution in [3.8, 4) is 0 Å². The van der Waals surface area contributed by atoms with Crippen molar-refractivity contribution < 1.29 is 13.7 Å². The summed E-state index contributed by atoms with van der Waals surface area (Å²) in [5.74, 6) is 0. The molecule has 0 aromatic heterocycles. The first-order valence-corrected chi connectivity index (χ1v) is 1.25. The zero-order valence-electron chi connectivity index (χ0n) is 12.5. The summed E-state index contributed by atoms with van der Waals surface area (Å²) in [4.78, 5) is 0. The molecule has 0 aromatic carbocycles. The van der Waals surface area contributed by atoms with Crippen LogP contribution in [0, 0.1) is 0 Å². The third-order valence-electron chi connectivity index (χ3n) is 0.312. The zero-order valence-corrected chi connectivity index (χ0v) is 2.50. The van der Waals surface area contributed by atoms with E-state index in [0.29, 0.717) is 0 Å². The molecule has 0 N–H and O–H groups in total. The Morgan fingerprint density at radius 2 is 1.00 bits per heavy atom. The van der Waals surface area contributed by atoms with Gasteiger partial charge in [0.1, 0.15) is 0 Å². The van der Waals surface area contributed by atoms with Gasteiger partial charge in [0.2, 0.25) is 0 Å². The topological polar surface area (TPSA) is 0 Å². The Morgan fingerprint density at radius 1 is 0.800 bits per heavy atom. The van der Waals surface area contributed by atoms with Gasteiger partial charge in [-0.05, 0) is 0 Å². The number of hydrogen-bond donors (Lipinski definition) is 0. The van der Waals surface area contributed by atoms with Crippen molar-refractivity contribution >= 4 is 0 Å². The van der Waals surface area contributed by atoms with E-state index in [1.54, 1.807) is 0 Å². The van der Waals surface area contributed by atoms with Gasteiger partial charge in [-0.1, -0.05) is 31.9 Å². The van der Waals surface area contributed by atoms with E-state index in [-0.39, 0.29) is 0 Å². The lowest BCUT2D eigenvalue weighted by atomic mass is 10.4. The van der Waals surface area contributed by atoms with Crippen LogP contribution in [0.3, 0.4) is 0 Å². The first-order valence-electron chi connectivity index (χ1n) is 6.25. The van der Waals surface area contributed by atoms with Gasteiger partial charge in [0.05, 0.1) is 0 Å². The van der Waals surface area contributed by atoms with E-state index < -0.39 is 31.9 Å². The summed E-state index contributed by atoms with van der Waals surface area (Å²) in [6, 6.07) is 0. The molecule has 5 heavy (non-hydrogen) atoms. The smallest absolute Gasteiger partial charge is 0.0267 e. The Balaban J connectivity index is 3.55. The maximum atomic E-state index is 7.24. The molecule has 1 rings (SSSR count). The molecule has 0 aromatic rings. The highest BCUT2D eigenvalue weighted by atomic mass is 14.0. The lowest BCUT2D eigenvalue weighted by molar-refractivity contribution is 0.886. The molecule has 0 heteroatoms. The standard InChI is InChI=1S/C5H10/c1-2-4-5-3-1/h1-5H2/i1D2,2D2,3D2,4D2,5D2. The number of hydrogen-bond acceptors (Lipinski definition) is 0. The molecule has 0 unspecified atom stereocenters. The quantitative estimate of drug-likeness (QED) is 0.417. The molecule has 1 saturated carbocycles. The minimum Gasteiger partial charge on any atom is -0.0533 e. The highest BCUT2D eigenvalue weighted by Crippen LogP contribution is 2.15. The van der Waals surface area contributed by atoms with E-state index >= 15 is 0 Å². The fourth-order valence-electron chi connectivity index (χ4n) is 0.156. The van der Waals surface area contributed by atoms with Gasteiger partial charge in [-0.2, -0.15) is 0 Å². The zero-order chi connectivity index (χ0) is 12.5. The summed E-state index contributed by atoms with van der Waals surface area (Å²) in [5, 5.41) is 0. The van der Waals surface area contributed by atoms with E-state index in [0.717, 1.165) is 0 Å². The first-order chi connectivity index (χ1) is 6.25. The van der Waals surface area contributed by atoms with Crippen molar-refractivity contribution in [2.45, 2.75) is 31.9 Å². The lowest BCUT2D eigenvalue weighted by Crippen LogP contribution is -1.47. The van der Waals surface area contributed by atoms with Crippen LogP contribution in [0.4, 0.5) is 0 Å². The predicted molar refractivity (Wildman–Crippen MR) is 23.1 cm³/mol. The molecular formula is C5H10. The Hall–Kier alpha value is 0. The lowest BCUT2D eigenvalue weighted by Gasteiger charge is -1.67. The summed E-state index contributed by atoms with van der Waals surface area (Å²) in [6.07, 6.45) is -16.1. The van der Waals surface area contributed by atoms with Gasteiger partial charge in [-0.15, -0.1) is 0 Å². The van der Waals surface area contributed by atoms with Crippen LogP contribution in [0.25, 0.3) is 0 Å². The fourth-order valence-corrected chi connectivity index (χ4v) is 0.156. The number of rotatable bonds is 0. The highest BCUT2D eigenvalue weighted by Gasteiger charge is 1.95. The monoisotopic (exact) mass is 80.1 g/mol. The van der Waals surface area contributed by atoms with Crippen molar-refractivity contribution in [1.29, 1.82) is 0 Å². The van der Waals surface area contributed by atoms with E-state index in [1.807, 2.05) is 0 Å². The molecular weight excluding hydrogens is 60.1 g/mol. The van der Waals surface area contributed by atoms with Crippen molar-refractivity contribution in [2.75, 3.05) is 0 Å². The maximum absolute atomic E-state index is 7.24. The van der Waals surface area contributed by atoms with Gasteiger partial charge < -0.3 is 0 Å². The Kier molecular flexibility index (Phi) is 0.102. The molecule has 0 spiro atoms. The fraction of sp³-hybridized carbons (Fsp3) is 1.00. The summed E-state index contributed by atoms with van der Waals surface area (Å²) in [6.45, 7) is 0. The molecule has 1 aliphatic rings. The van der Waals surface area contributed by atoms with Crippen molar-refractivity contribution in [3.05, 3.63) is 0 Å². The van der Waals surface area contributed by atoms with Crippen LogP contribution in [0.2, 0.25) is 0 Å². The average Bonchev–Trinajstić information content (AvgIpc) is 2.04. The third kappa shape index (κ3) is 0.640. The van der Waals surface area contributed by atoms with Crippen molar-refractivity contribution in [1.82, 2.24) is 0 Å². The van der Waals surface area contributed by atoms with Gasteiger partial charge in [0, 0.05) is 13.7 Å². The molecule has 0 bridgehead atoms. The van der Waals surface area contributed by atoms with E-state index in [2.05, 4.69) is 0 Å². The highest BCUT2D eigenvalue weighted by molar-refractivity contribution is 4.51. The molecule has 0 heterocycles. The molecule has 0 radical (unpaired) electrons. The molecule has 0 aliphatic heterocycles. The SMILES string of the molecule is [2H]C1([2H])C([2H])([2H])C([2H])([2H])C([2H])([2H])C1([2H])[2H]. The van der Waals surface area contributed by atoms with Crippen molar-refractivity contribution in [2.24, 2.45) is 0 Å². The molecule has 1 aliphatic carbocycles. The van der Waals surface area contributed by atoms with Gasteiger partial charge in [-0.3, -0.25) is 0 Å². The second-order valence-corrected chi connectivity index (χ2v) is 0.625. The van der Waals surface area contributed by atoms with E-state index in [4.69, 9.17) is 13.7 Å². The van der Waals surface area contributed by atoms with Crippen LogP contribution >= 0.6 is 0 Å². The summed E-state index contributed by atoms with van der Waals surface area (Å²) >= 11 is 0. The van der Waals surface area contributed by atoms with Crippen LogP contribution in [0.1, 0.15) is 45.6 Å². The second kappa shape index (κ2) is 1.44. The summed E-state index contributed by atoms with van der Waals surface area (Å²) < 4.78 is 72.4. The molecule has 0 amide bonds. The Morgan fingerprint density at radius 3 is 1.20 bits per heavy atom. The minimum atomic E-state index is -3.23. The van der Waals surface area contributed by atoms with E-state index in [1.165, 1.54) is 0 Å². The largest absolute Gasteiger partial charge is 0.0533 e. The Labute approximate surface area is 47.2 Å². The van der Waals surface area contributed by atoms with Crippen LogP contribution in [0.15, 0.2) is 0 Å². The summed E-state index contributed by atoms with van der Waals surface area (Å²) in [7, 11) is 0. The van der Waals surface area contributed by atoms with Crippen molar-refractivity contribution in [3.63, 3.8) is 0 Å². The predicted octanol–water partition coefficient (Wildman–Crippen LogP) is 1.95. The summed E-state index contributed by atoms with van der Waals surface area (Å²) in [5.41, 5.74) is 0. The van der Waals surface area contributed by atoms with Crippen LogP contribution in [-0.4, -0.2) is 0 Å². The molecule has 0 atom stereocenters. The molecule has 30 valence electrons. The molecule has 1 fully saturated rings. The molecule has 0 nitrogen and oxygen atoms in total. The first kappa shape index (κ1) is 0.356. The van der Waals surface area contributed by atoms with Crippen LogP contribution < -0.4 is 0 Å². The van der Waals surface area contributed by atoms with Gasteiger partial charge in [-0.25, -0.2) is 0 Å². The second-order valence-electron chi connectivity index (χ2n) is 0.625. The van der Waals surface area contributed by atoms with Gasteiger partial charge in [0.25, 0.3) is 0 Å². The minimum absolute atomic E-state index is 3.23. The van der Waals surface area contributed by atoms with Crippen LogP contribution in [-0.2, 0) is 0 Å². The van der Waals surface area contributed by atoms with Gasteiger partial charge in [0.15, 0.2) is 0 Å². The average molecular weight is 80.2 g/mol. The molecule has 0 saturated heterocycles. The third-order valence-corrected chi connectivity index (χ3v) is 0.312. The van der Waals surface area contributed by atoms with Crippen LogP contribution in [0.5, 0.6) is 0 Å². The Bertz CT molecular complexity index is 199. The maximum Gasteiger partial charge on any atom is 0.0267 e. The van der Waals surface area contributed by atoms with Gasteiger partial charge >= 0.3 is 0 Å².